The van der Waals surface area contributed by atoms with E-state index in [2.05, 4.69) is 10.6 Å². The SMILES string of the molecule is CCOC(=O)C1=C(COC(=O)C[C@@H](C)c2ccccc2)NC(=O)N[C@H]1C. The van der Waals surface area contributed by atoms with Crippen LogP contribution in [0.15, 0.2) is 41.6 Å². The van der Waals surface area contributed by atoms with E-state index in [0.29, 0.717) is 0 Å². The molecule has 0 unspecified atom stereocenters. The highest BCUT2D eigenvalue weighted by atomic mass is 16.5. The number of esters is 2. The van der Waals surface area contributed by atoms with Crippen molar-refractivity contribution >= 4 is 18.0 Å². The molecule has 26 heavy (non-hydrogen) atoms. The van der Waals surface area contributed by atoms with Crippen molar-refractivity contribution in [2.24, 2.45) is 0 Å². The molecule has 1 heterocycles. The summed E-state index contributed by atoms with van der Waals surface area (Å²) >= 11 is 0. The number of carbonyl (C=O) groups is 3. The maximum absolute atomic E-state index is 12.1. The Balaban J connectivity index is 2.02. The summed E-state index contributed by atoms with van der Waals surface area (Å²) in [5.74, 6) is -0.947. The number of rotatable bonds is 7. The van der Waals surface area contributed by atoms with Gasteiger partial charge in [0.25, 0.3) is 0 Å². The molecule has 0 fully saturated rings. The zero-order valence-electron chi connectivity index (χ0n) is 15.2. The van der Waals surface area contributed by atoms with Gasteiger partial charge in [0.05, 0.1) is 30.3 Å². The van der Waals surface area contributed by atoms with E-state index in [0.717, 1.165) is 5.56 Å². The Labute approximate surface area is 152 Å². The molecule has 0 spiro atoms. The second kappa shape index (κ2) is 9.03. The molecule has 0 saturated heterocycles. The van der Waals surface area contributed by atoms with Crippen LogP contribution >= 0.6 is 0 Å². The van der Waals surface area contributed by atoms with Crippen LogP contribution in [-0.2, 0) is 19.1 Å². The Hall–Kier alpha value is -2.83. The summed E-state index contributed by atoms with van der Waals surface area (Å²) < 4.78 is 10.3. The number of ether oxygens (including phenoxy) is 2. The molecule has 0 radical (unpaired) electrons. The summed E-state index contributed by atoms with van der Waals surface area (Å²) in [4.78, 5) is 35.9. The van der Waals surface area contributed by atoms with Gasteiger partial charge in [-0.15, -0.1) is 0 Å². The fraction of sp³-hybridized carbons (Fsp3) is 0.421. The zero-order valence-corrected chi connectivity index (χ0v) is 15.2. The van der Waals surface area contributed by atoms with Crippen LogP contribution in [0.5, 0.6) is 0 Å². The van der Waals surface area contributed by atoms with Gasteiger partial charge in [-0.2, -0.15) is 0 Å². The number of amides is 2. The first-order valence-corrected chi connectivity index (χ1v) is 8.60. The number of benzene rings is 1. The lowest BCUT2D eigenvalue weighted by Gasteiger charge is -2.26. The third kappa shape index (κ3) is 5.08. The molecule has 1 aliphatic heterocycles. The van der Waals surface area contributed by atoms with Crippen molar-refractivity contribution in [3.05, 3.63) is 47.2 Å². The quantitative estimate of drug-likeness (QED) is 0.728. The topological polar surface area (TPSA) is 93.7 Å². The first kappa shape index (κ1) is 19.5. The van der Waals surface area contributed by atoms with E-state index in [9.17, 15) is 14.4 Å². The van der Waals surface area contributed by atoms with Gasteiger partial charge in [0.1, 0.15) is 6.61 Å². The predicted molar refractivity (Wildman–Crippen MR) is 95.2 cm³/mol. The van der Waals surface area contributed by atoms with Gasteiger partial charge in [-0.05, 0) is 25.3 Å². The van der Waals surface area contributed by atoms with E-state index in [1.54, 1.807) is 13.8 Å². The highest BCUT2D eigenvalue weighted by molar-refractivity contribution is 5.94. The average molecular weight is 360 g/mol. The molecule has 7 heteroatoms. The zero-order chi connectivity index (χ0) is 19.1. The maximum atomic E-state index is 12.1. The fourth-order valence-corrected chi connectivity index (χ4v) is 2.75. The van der Waals surface area contributed by atoms with Crippen LogP contribution in [0.3, 0.4) is 0 Å². The van der Waals surface area contributed by atoms with E-state index < -0.39 is 24.0 Å². The van der Waals surface area contributed by atoms with Gasteiger partial charge < -0.3 is 20.1 Å². The minimum absolute atomic E-state index is 0.00347. The summed E-state index contributed by atoms with van der Waals surface area (Å²) in [5, 5.41) is 5.12. The molecule has 140 valence electrons. The molecule has 0 aromatic heterocycles. The monoisotopic (exact) mass is 360 g/mol. The van der Waals surface area contributed by atoms with Crippen molar-refractivity contribution in [2.75, 3.05) is 13.2 Å². The number of urea groups is 1. The van der Waals surface area contributed by atoms with Crippen molar-refractivity contribution in [1.82, 2.24) is 10.6 Å². The van der Waals surface area contributed by atoms with E-state index in [1.807, 2.05) is 37.3 Å². The largest absolute Gasteiger partial charge is 0.463 e. The van der Waals surface area contributed by atoms with Crippen molar-refractivity contribution in [2.45, 2.75) is 39.2 Å². The molecule has 0 bridgehead atoms. The van der Waals surface area contributed by atoms with Gasteiger partial charge in [0.2, 0.25) is 0 Å². The number of carbonyl (C=O) groups excluding carboxylic acids is 3. The van der Waals surface area contributed by atoms with Gasteiger partial charge in [-0.3, -0.25) is 4.79 Å². The van der Waals surface area contributed by atoms with Crippen LogP contribution in [0.25, 0.3) is 0 Å². The van der Waals surface area contributed by atoms with Crippen molar-refractivity contribution < 1.29 is 23.9 Å². The summed E-state index contributed by atoms with van der Waals surface area (Å²) in [6.45, 7) is 5.33. The summed E-state index contributed by atoms with van der Waals surface area (Å²) in [5.41, 5.74) is 1.55. The summed E-state index contributed by atoms with van der Waals surface area (Å²) in [6, 6.07) is 8.68. The van der Waals surface area contributed by atoms with Crippen LogP contribution in [0.4, 0.5) is 4.79 Å². The summed E-state index contributed by atoms with van der Waals surface area (Å²) in [6.07, 6.45) is 0.202. The van der Waals surface area contributed by atoms with E-state index in [4.69, 9.17) is 9.47 Å². The molecule has 1 aliphatic rings. The maximum Gasteiger partial charge on any atom is 0.338 e. The van der Waals surface area contributed by atoms with Crippen LogP contribution in [0, 0.1) is 0 Å². The van der Waals surface area contributed by atoms with Crippen LogP contribution < -0.4 is 10.6 Å². The number of hydrogen-bond acceptors (Lipinski definition) is 5. The second-order valence-corrected chi connectivity index (χ2v) is 6.11. The van der Waals surface area contributed by atoms with E-state index >= 15 is 0 Å². The normalized spacial score (nSPS) is 17.8. The van der Waals surface area contributed by atoms with Gasteiger partial charge in [-0.25, -0.2) is 9.59 Å². The van der Waals surface area contributed by atoms with Gasteiger partial charge in [0, 0.05) is 0 Å². The molecule has 2 N–H and O–H groups in total. The van der Waals surface area contributed by atoms with Crippen LogP contribution in [0.1, 0.15) is 38.7 Å². The molecule has 2 atom stereocenters. The molecular formula is C19H24N2O5. The first-order valence-electron chi connectivity index (χ1n) is 8.60. The van der Waals surface area contributed by atoms with E-state index in [-0.39, 0.29) is 36.8 Å². The molecule has 7 nitrogen and oxygen atoms in total. The summed E-state index contributed by atoms with van der Waals surface area (Å²) in [7, 11) is 0. The molecule has 0 aliphatic carbocycles. The van der Waals surface area contributed by atoms with Crippen LogP contribution in [-0.4, -0.2) is 37.2 Å². The lowest BCUT2D eigenvalue weighted by atomic mass is 9.98. The lowest BCUT2D eigenvalue weighted by molar-refractivity contribution is -0.144. The first-order chi connectivity index (χ1) is 12.4. The Kier molecular flexibility index (Phi) is 6.77. The Morgan fingerprint density at radius 1 is 1.19 bits per heavy atom. The molecular weight excluding hydrogens is 336 g/mol. The molecule has 0 saturated carbocycles. The number of nitrogens with one attached hydrogen (secondary N) is 2. The second-order valence-electron chi connectivity index (χ2n) is 6.11. The lowest BCUT2D eigenvalue weighted by Crippen LogP contribution is -2.50. The predicted octanol–water partition coefficient (Wildman–Crippen LogP) is 2.24. The third-order valence-electron chi connectivity index (χ3n) is 4.08. The standard InChI is InChI=1S/C19H24N2O5/c1-4-25-18(23)17-13(3)20-19(24)21-15(17)11-26-16(22)10-12(2)14-8-6-5-7-9-14/h5-9,12-13H,4,10-11H2,1-3H3,(H2,20,21,24)/t12-,13+/m1/s1. The smallest absolute Gasteiger partial charge is 0.338 e. The van der Waals surface area contributed by atoms with Crippen molar-refractivity contribution in [3.8, 4) is 0 Å². The minimum Gasteiger partial charge on any atom is -0.463 e. The van der Waals surface area contributed by atoms with Crippen LogP contribution in [0.2, 0.25) is 0 Å². The average Bonchev–Trinajstić information content (AvgIpc) is 2.60. The Bertz CT molecular complexity index is 699. The molecule has 2 rings (SSSR count). The third-order valence-corrected chi connectivity index (χ3v) is 4.08. The highest BCUT2D eigenvalue weighted by Gasteiger charge is 2.30. The molecule has 1 aromatic carbocycles. The Morgan fingerprint density at radius 2 is 1.88 bits per heavy atom. The fourth-order valence-electron chi connectivity index (χ4n) is 2.75. The number of hydrogen-bond donors (Lipinski definition) is 2. The van der Waals surface area contributed by atoms with Crippen molar-refractivity contribution in [1.29, 1.82) is 0 Å². The Morgan fingerprint density at radius 3 is 2.54 bits per heavy atom. The molecule has 1 aromatic rings. The van der Waals surface area contributed by atoms with E-state index in [1.165, 1.54) is 0 Å². The van der Waals surface area contributed by atoms with Gasteiger partial charge in [0.15, 0.2) is 0 Å². The highest BCUT2D eigenvalue weighted by Crippen LogP contribution is 2.20. The van der Waals surface area contributed by atoms with Gasteiger partial charge >= 0.3 is 18.0 Å². The van der Waals surface area contributed by atoms with Gasteiger partial charge in [-0.1, -0.05) is 37.3 Å². The van der Waals surface area contributed by atoms with Crippen molar-refractivity contribution in [3.63, 3.8) is 0 Å². The minimum atomic E-state index is -0.545. The molecule has 2 amide bonds.